The third-order valence-corrected chi connectivity index (χ3v) is 12.0. The lowest BCUT2D eigenvalue weighted by Gasteiger charge is -2.28. The number of rotatable bonds is 12. The van der Waals surface area contributed by atoms with E-state index in [-0.39, 0.29) is 24.1 Å². The van der Waals surface area contributed by atoms with Gasteiger partial charge in [0.05, 0.1) is 0 Å². The lowest BCUT2D eigenvalue weighted by atomic mass is 9.94. The van der Waals surface area contributed by atoms with Crippen LogP contribution in [0, 0.1) is 0 Å². The molecule has 0 bridgehead atoms. The van der Waals surface area contributed by atoms with Crippen molar-refractivity contribution in [2.45, 2.75) is 113 Å². The van der Waals surface area contributed by atoms with Crippen molar-refractivity contribution in [1.82, 2.24) is 0 Å². The summed E-state index contributed by atoms with van der Waals surface area (Å²) in [5.74, 6) is 2.37. The Morgan fingerprint density at radius 3 is 1.63 bits per heavy atom. The first kappa shape index (κ1) is 25.0. The van der Waals surface area contributed by atoms with Crippen LogP contribution in [0.15, 0.2) is 0 Å². The Balaban J connectivity index is 1.22. The van der Waals surface area contributed by atoms with Crippen molar-refractivity contribution < 1.29 is 19.1 Å². The molecule has 3 fully saturated rings. The van der Waals surface area contributed by atoms with Crippen molar-refractivity contribution in [2.24, 2.45) is 0 Å². The maximum Gasteiger partial charge on any atom is 0.306 e. The minimum atomic E-state index is -0.0808. The summed E-state index contributed by atoms with van der Waals surface area (Å²) in [6.45, 7) is 0. The van der Waals surface area contributed by atoms with E-state index in [9.17, 15) is 9.59 Å². The molecule has 172 valence electrons. The lowest BCUT2D eigenvalue weighted by molar-refractivity contribution is -0.158. The molecule has 0 amide bonds. The topological polar surface area (TPSA) is 52.6 Å². The normalized spacial score (nSPS) is 29.1. The molecule has 2 saturated heterocycles. The van der Waals surface area contributed by atoms with Crippen molar-refractivity contribution in [3.05, 3.63) is 0 Å². The number of ether oxygens (including phenoxy) is 2. The van der Waals surface area contributed by atoms with Crippen molar-refractivity contribution in [1.29, 1.82) is 0 Å². The molecular formula is C22H36O4S4. The van der Waals surface area contributed by atoms with Gasteiger partial charge in [0, 0.05) is 41.3 Å². The van der Waals surface area contributed by atoms with E-state index in [1.54, 1.807) is 0 Å². The number of carbonyl (C=O) groups is 2. The standard InChI is InChI=1S/C22H36O4S4/c23-21(10-3-1-8-19-12-14-27-29-19)25-17-6-5-7-18(16-17)26-22(24)11-4-2-9-20-13-15-28-30-20/h17-20H,1-16H2. The molecule has 3 aliphatic rings. The van der Waals surface area contributed by atoms with Crippen LogP contribution in [0.2, 0.25) is 0 Å². The maximum absolute atomic E-state index is 12.2. The molecule has 0 aromatic carbocycles. The van der Waals surface area contributed by atoms with Gasteiger partial charge in [0.25, 0.3) is 0 Å². The molecule has 30 heavy (non-hydrogen) atoms. The van der Waals surface area contributed by atoms with Gasteiger partial charge in [-0.05, 0) is 57.8 Å². The van der Waals surface area contributed by atoms with Crippen LogP contribution in [-0.2, 0) is 19.1 Å². The summed E-state index contributed by atoms with van der Waals surface area (Å²) in [6, 6.07) is 0. The average molecular weight is 493 g/mol. The number of carbonyl (C=O) groups excluding carboxylic acids is 2. The van der Waals surface area contributed by atoms with Crippen molar-refractivity contribution in [3.63, 3.8) is 0 Å². The van der Waals surface area contributed by atoms with Gasteiger partial charge >= 0.3 is 11.9 Å². The number of hydrogen-bond donors (Lipinski definition) is 0. The predicted octanol–water partition coefficient (Wildman–Crippen LogP) is 6.81. The smallest absolute Gasteiger partial charge is 0.306 e. The van der Waals surface area contributed by atoms with Gasteiger partial charge in [-0.2, -0.15) is 0 Å². The van der Waals surface area contributed by atoms with Gasteiger partial charge in [-0.1, -0.05) is 56.0 Å². The summed E-state index contributed by atoms with van der Waals surface area (Å²) in [7, 11) is 7.95. The highest BCUT2D eigenvalue weighted by Gasteiger charge is 2.27. The first-order valence-electron chi connectivity index (χ1n) is 11.6. The summed E-state index contributed by atoms with van der Waals surface area (Å²) in [5.41, 5.74) is 0. The number of hydrogen-bond acceptors (Lipinski definition) is 8. The summed E-state index contributed by atoms with van der Waals surface area (Å²) < 4.78 is 11.4. The molecule has 0 radical (unpaired) electrons. The Labute approximate surface area is 197 Å². The largest absolute Gasteiger partial charge is 0.462 e. The summed E-state index contributed by atoms with van der Waals surface area (Å²) in [4.78, 5) is 24.4. The van der Waals surface area contributed by atoms with Crippen LogP contribution in [0.25, 0.3) is 0 Å². The van der Waals surface area contributed by atoms with Gasteiger partial charge in [-0.25, -0.2) is 0 Å². The van der Waals surface area contributed by atoms with E-state index in [1.807, 2.05) is 43.2 Å². The molecule has 2 aliphatic heterocycles. The highest BCUT2D eigenvalue weighted by molar-refractivity contribution is 8.77. The Hall–Kier alpha value is 0.340. The molecule has 3 rings (SSSR count). The van der Waals surface area contributed by atoms with E-state index in [2.05, 4.69) is 0 Å². The Bertz CT molecular complexity index is 477. The molecule has 4 nitrogen and oxygen atoms in total. The van der Waals surface area contributed by atoms with E-state index in [4.69, 9.17) is 9.47 Å². The third-order valence-electron chi connectivity index (χ3n) is 5.94. The van der Waals surface area contributed by atoms with Crippen molar-refractivity contribution in [3.8, 4) is 0 Å². The highest BCUT2D eigenvalue weighted by Crippen LogP contribution is 2.40. The van der Waals surface area contributed by atoms with Crippen molar-refractivity contribution >= 4 is 55.1 Å². The van der Waals surface area contributed by atoms with Crippen LogP contribution in [0.3, 0.4) is 0 Å². The van der Waals surface area contributed by atoms with Gasteiger partial charge in [-0.15, -0.1) is 0 Å². The zero-order valence-corrected chi connectivity index (χ0v) is 21.2. The minimum absolute atomic E-state index is 0.0802. The number of esters is 2. The van der Waals surface area contributed by atoms with E-state index < -0.39 is 0 Å². The van der Waals surface area contributed by atoms with Gasteiger partial charge in [0.2, 0.25) is 0 Å². The third kappa shape index (κ3) is 9.86. The molecule has 0 aromatic heterocycles. The lowest BCUT2D eigenvalue weighted by Crippen LogP contribution is -2.31. The van der Waals surface area contributed by atoms with E-state index in [0.29, 0.717) is 19.3 Å². The Morgan fingerprint density at radius 2 is 1.20 bits per heavy atom. The molecule has 4 atom stereocenters. The molecule has 0 N–H and O–H groups in total. The average Bonchev–Trinajstić information content (AvgIpc) is 3.43. The van der Waals surface area contributed by atoms with Crippen LogP contribution >= 0.6 is 43.2 Å². The van der Waals surface area contributed by atoms with E-state index >= 15 is 0 Å². The highest BCUT2D eigenvalue weighted by atomic mass is 33.1. The van der Waals surface area contributed by atoms with Gasteiger partial charge < -0.3 is 9.47 Å². The molecule has 1 aliphatic carbocycles. The van der Waals surface area contributed by atoms with Gasteiger partial charge in [-0.3, -0.25) is 9.59 Å². The van der Waals surface area contributed by atoms with E-state index in [1.165, 1.54) is 37.2 Å². The SMILES string of the molecule is O=C(CCCCC1CCSS1)OC1CCCC(OC(=O)CCCCC2CCSS2)C1. The first-order valence-corrected chi connectivity index (χ1v) is 16.4. The predicted molar refractivity (Wildman–Crippen MR) is 132 cm³/mol. The fourth-order valence-electron chi connectivity index (χ4n) is 4.22. The number of unbranched alkanes of at least 4 members (excludes halogenated alkanes) is 2. The van der Waals surface area contributed by atoms with Crippen LogP contribution in [0.4, 0.5) is 0 Å². The summed E-state index contributed by atoms with van der Waals surface area (Å²) in [5, 5.41) is 1.56. The van der Waals surface area contributed by atoms with Gasteiger partial charge in [0.15, 0.2) is 0 Å². The molecule has 0 spiro atoms. The molecule has 8 heteroatoms. The fourth-order valence-corrected chi connectivity index (χ4v) is 10.3. The maximum atomic E-state index is 12.2. The molecule has 4 unspecified atom stereocenters. The summed E-state index contributed by atoms with van der Waals surface area (Å²) in [6.07, 6.45) is 13.4. The fraction of sp³-hybridized carbons (Fsp3) is 0.909. The first-order chi connectivity index (χ1) is 14.7. The second kappa shape index (κ2) is 14.5. The molecule has 1 saturated carbocycles. The Morgan fingerprint density at radius 1 is 0.700 bits per heavy atom. The monoisotopic (exact) mass is 492 g/mol. The second-order valence-corrected chi connectivity index (χ2v) is 14.1. The quantitative estimate of drug-likeness (QED) is 0.167. The molecular weight excluding hydrogens is 457 g/mol. The minimum Gasteiger partial charge on any atom is -0.462 e. The zero-order chi connectivity index (χ0) is 21.0. The second-order valence-electron chi connectivity index (χ2n) is 8.54. The van der Waals surface area contributed by atoms with Crippen LogP contribution < -0.4 is 0 Å². The van der Waals surface area contributed by atoms with Crippen LogP contribution in [-0.4, -0.2) is 46.2 Å². The Kier molecular flexibility index (Phi) is 12.1. The van der Waals surface area contributed by atoms with Crippen molar-refractivity contribution in [2.75, 3.05) is 11.5 Å². The molecule has 0 aromatic rings. The summed E-state index contributed by atoms with van der Waals surface area (Å²) >= 11 is 0. The van der Waals surface area contributed by atoms with Crippen LogP contribution in [0.5, 0.6) is 0 Å². The van der Waals surface area contributed by atoms with Gasteiger partial charge in [0.1, 0.15) is 12.2 Å². The van der Waals surface area contributed by atoms with E-state index in [0.717, 1.165) is 55.4 Å². The molecule has 2 heterocycles. The van der Waals surface area contributed by atoms with Crippen LogP contribution in [0.1, 0.15) is 89.9 Å². The zero-order valence-electron chi connectivity index (χ0n) is 17.9.